The van der Waals surface area contributed by atoms with E-state index in [1.807, 2.05) is 62.6 Å². The Bertz CT molecular complexity index is 2040. The van der Waals surface area contributed by atoms with Crippen molar-refractivity contribution >= 4 is 51.1 Å². The van der Waals surface area contributed by atoms with Crippen molar-refractivity contribution in [2.75, 3.05) is 33.4 Å². The standard InChI is InChI=1S/C41H54N6O9S2/c1-40(2,3)18-19-56-39(52)43-31-11-9-7-5-6-8-10-27-20-41(27,38(51)45-58(53,54)29-16-17-29)44-34(48)33-30-23-46(21-26(30)22-47(33)36(31)49)37(50)35-42-32(24-57-35)25-12-14-28(55-4)15-13-25/h8,10,12-15,24,26-27,29-31,33H,5-7,9,11,16-23H2,1-4H3,(H,43,52)(H,44,48)(H,45,51)/b10-8-/t26-,27-,30-,31-,33-,41+/m0/s1. The molecule has 15 nitrogen and oxygen atoms in total. The molecule has 0 spiro atoms. The third-order valence-electron chi connectivity index (χ3n) is 11.9. The molecule has 2 aliphatic carbocycles. The second-order valence-corrected chi connectivity index (χ2v) is 20.3. The number of hydrogen-bond donors (Lipinski definition) is 3. The fourth-order valence-corrected chi connectivity index (χ4v) is 10.4. The Balaban J connectivity index is 1.14. The van der Waals surface area contributed by atoms with E-state index in [4.69, 9.17) is 9.47 Å². The number of hydrogen-bond acceptors (Lipinski definition) is 11. The monoisotopic (exact) mass is 838 g/mol. The molecule has 6 atom stereocenters. The van der Waals surface area contributed by atoms with Crippen molar-refractivity contribution in [3.63, 3.8) is 0 Å². The number of carbonyl (C=O) groups excluding carboxylic acids is 5. The molecule has 0 bridgehead atoms. The third-order valence-corrected chi connectivity index (χ3v) is 14.6. The maximum Gasteiger partial charge on any atom is 0.407 e. The third kappa shape index (κ3) is 9.19. The number of allylic oxidation sites excluding steroid dienone is 1. The lowest BCUT2D eigenvalue weighted by atomic mass is 9.93. The zero-order chi connectivity index (χ0) is 41.4. The summed E-state index contributed by atoms with van der Waals surface area (Å²) in [5, 5.41) is 7.19. The molecule has 5 amide bonds. The molecule has 5 aliphatic rings. The Kier molecular flexibility index (Phi) is 11.9. The van der Waals surface area contributed by atoms with E-state index in [2.05, 4.69) is 20.3 Å². The Morgan fingerprint density at radius 1 is 1.03 bits per heavy atom. The molecular formula is C41H54N6O9S2. The number of amides is 5. The van der Waals surface area contributed by atoms with Gasteiger partial charge in [-0.15, -0.1) is 11.3 Å². The lowest BCUT2D eigenvalue weighted by molar-refractivity contribution is -0.142. The van der Waals surface area contributed by atoms with Gasteiger partial charge in [0.2, 0.25) is 21.8 Å². The highest BCUT2D eigenvalue weighted by atomic mass is 32.2. The van der Waals surface area contributed by atoms with E-state index in [0.717, 1.165) is 18.4 Å². The van der Waals surface area contributed by atoms with Crippen molar-refractivity contribution in [2.24, 2.45) is 23.2 Å². The first-order valence-electron chi connectivity index (χ1n) is 20.3. The van der Waals surface area contributed by atoms with Crippen LogP contribution in [0.1, 0.15) is 88.4 Å². The topological polar surface area (TPSA) is 193 Å². The second-order valence-electron chi connectivity index (χ2n) is 17.5. The molecule has 58 heavy (non-hydrogen) atoms. The number of thiazole rings is 1. The van der Waals surface area contributed by atoms with Crippen molar-refractivity contribution < 1.29 is 41.9 Å². The predicted octanol–water partition coefficient (Wildman–Crippen LogP) is 4.25. The molecular weight excluding hydrogens is 785 g/mol. The van der Waals surface area contributed by atoms with Crippen LogP contribution in [0, 0.1) is 23.2 Å². The minimum atomic E-state index is -3.91. The zero-order valence-corrected chi connectivity index (χ0v) is 35.2. The van der Waals surface area contributed by atoms with Gasteiger partial charge in [0.25, 0.3) is 11.8 Å². The highest BCUT2D eigenvalue weighted by molar-refractivity contribution is 7.91. The van der Waals surface area contributed by atoms with Gasteiger partial charge in [0, 0.05) is 48.3 Å². The van der Waals surface area contributed by atoms with Crippen LogP contribution in [0.25, 0.3) is 11.3 Å². The number of alkyl carbamates (subject to hydrolysis) is 1. The van der Waals surface area contributed by atoms with Gasteiger partial charge in [-0.25, -0.2) is 18.2 Å². The molecule has 4 heterocycles. The molecule has 314 valence electrons. The van der Waals surface area contributed by atoms with Crippen molar-refractivity contribution in [3.05, 3.63) is 46.8 Å². The molecule has 0 unspecified atom stereocenters. The summed E-state index contributed by atoms with van der Waals surface area (Å²) >= 11 is 1.22. The lowest BCUT2D eigenvalue weighted by Gasteiger charge is -2.32. The first kappa shape index (κ1) is 41.6. The number of benzene rings is 1. The van der Waals surface area contributed by atoms with Crippen LogP contribution >= 0.6 is 11.3 Å². The van der Waals surface area contributed by atoms with Gasteiger partial charge < -0.3 is 29.9 Å². The summed E-state index contributed by atoms with van der Waals surface area (Å²) in [6, 6.07) is 5.28. The van der Waals surface area contributed by atoms with Crippen molar-refractivity contribution in [1.82, 2.24) is 30.1 Å². The quantitative estimate of drug-likeness (QED) is 0.308. The number of sulfonamides is 1. The van der Waals surface area contributed by atoms with Gasteiger partial charge in [-0.2, -0.15) is 0 Å². The second kappa shape index (κ2) is 16.6. The van der Waals surface area contributed by atoms with Crippen molar-refractivity contribution in [2.45, 2.75) is 101 Å². The Labute approximate surface area is 343 Å². The van der Waals surface area contributed by atoms with Crippen LogP contribution in [0.2, 0.25) is 0 Å². The molecule has 4 fully saturated rings. The number of aromatic nitrogens is 1. The number of ether oxygens (including phenoxy) is 2. The average molecular weight is 839 g/mol. The molecule has 3 aliphatic heterocycles. The van der Waals surface area contributed by atoms with E-state index in [-0.39, 0.29) is 49.9 Å². The first-order chi connectivity index (χ1) is 27.6. The first-order valence-corrected chi connectivity index (χ1v) is 22.7. The number of methoxy groups -OCH3 is 1. The highest BCUT2D eigenvalue weighted by Crippen LogP contribution is 2.47. The predicted molar refractivity (Wildman–Crippen MR) is 216 cm³/mol. The normalized spacial score (nSPS) is 28.2. The SMILES string of the molecule is COc1ccc(-c2csc(C(=O)N3C[C@H]4CN5C(=O)[C@@H](NC(=O)OCCC(C)(C)C)CCCCC/C=C\[C@H]6C[C@@]6(C(=O)NS(=O)(=O)C6CC6)NC(=O)[C@@H]5[C@H]4C3)n2)cc1. The number of nitrogens with one attached hydrogen (secondary N) is 3. The van der Waals surface area contributed by atoms with Crippen LogP contribution in [-0.4, -0.2) is 109 Å². The van der Waals surface area contributed by atoms with E-state index >= 15 is 0 Å². The van der Waals surface area contributed by atoms with E-state index in [0.29, 0.717) is 55.0 Å². The number of likely N-dealkylation sites (tertiary alicyclic amines) is 1. The summed E-state index contributed by atoms with van der Waals surface area (Å²) in [6.07, 6.45) is 8.07. The maximum absolute atomic E-state index is 14.7. The summed E-state index contributed by atoms with van der Waals surface area (Å²) in [5.74, 6) is -2.69. The summed E-state index contributed by atoms with van der Waals surface area (Å²) in [5.41, 5.74) is -0.118. The van der Waals surface area contributed by atoms with Crippen LogP contribution in [0.5, 0.6) is 5.75 Å². The van der Waals surface area contributed by atoms with Gasteiger partial charge in [0.05, 0.1) is 24.7 Å². The summed E-state index contributed by atoms with van der Waals surface area (Å²) < 4.78 is 38.8. The van der Waals surface area contributed by atoms with Gasteiger partial charge >= 0.3 is 6.09 Å². The van der Waals surface area contributed by atoms with Crippen LogP contribution in [-0.2, 0) is 29.1 Å². The molecule has 17 heteroatoms. The van der Waals surface area contributed by atoms with E-state index in [1.165, 1.54) is 16.2 Å². The molecule has 2 saturated heterocycles. The van der Waals surface area contributed by atoms with E-state index in [9.17, 15) is 32.4 Å². The lowest BCUT2D eigenvalue weighted by Crippen LogP contribution is -2.60. The Hall–Kier alpha value is -4.51. The number of carbonyl (C=O) groups is 5. The van der Waals surface area contributed by atoms with Gasteiger partial charge in [-0.3, -0.25) is 23.9 Å². The summed E-state index contributed by atoms with van der Waals surface area (Å²) in [4.78, 5) is 78.0. The Morgan fingerprint density at radius 2 is 1.79 bits per heavy atom. The van der Waals surface area contributed by atoms with Crippen molar-refractivity contribution in [1.29, 1.82) is 0 Å². The number of fused-ring (bicyclic) bond motifs is 4. The summed E-state index contributed by atoms with van der Waals surface area (Å²) in [7, 11) is -2.33. The van der Waals surface area contributed by atoms with Crippen LogP contribution < -0.4 is 20.1 Å². The van der Waals surface area contributed by atoms with Crippen LogP contribution in [0.4, 0.5) is 4.79 Å². The maximum atomic E-state index is 14.7. The van der Waals surface area contributed by atoms with E-state index in [1.54, 1.807) is 12.0 Å². The number of rotatable bonds is 9. The molecule has 2 saturated carbocycles. The van der Waals surface area contributed by atoms with Gasteiger partial charge in [-0.05, 0) is 74.6 Å². The molecule has 2 aromatic rings. The van der Waals surface area contributed by atoms with Gasteiger partial charge in [0.15, 0.2) is 5.01 Å². The van der Waals surface area contributed by atoms with Gasteiger partial charge in [0.1, 0.15) is 23.4 Å². The van der Waals surface area contributed by atoms with Crippen molar-refractivity contribution in [3.8, 4) is 17.0 Å². The van der Waals surface area contributed by atoms with E-state index < -0.39 is 68.5 Å². The van der Waals surface area contributed by atoms with Gasteiger partial charge in [-0.1, -0.05) is 45.8 Å². The molecule has 1 aromatic carbocycles. The largest absolute Gasteiger partial charge is 0.497 e. The Morgan fingerprint density at radius 3 is 2.50 bits per heavy atom. The van der Waals surface area contributed by atoms with Crippen LogP contribution in [0.15, 0.2) is 41.8 Å². The molecule has 3 N–H and O–H groups in total. The molecule has 7 rings (SSSR count). The van der Waals surface area contributed by atoms with Crippen LogP contribution in [0.3, 0.4) is 0 Å². The fraction of sp³-hybridized carbons (Fsp3) is 0.610. The molecule has 0 radical (unpaired) electrons. The smallest absolute Gasteiger partial charge is 0.407 e. The zero-order valence-electron chi connectivity index (χ0n) is 33.5. The fourth-order valence-electron chi connectivity index (χ4n) is 8.27. The molecule has 1 aromatic heterocycles. The minimum absolute atomic E-state index is 0.0634. The average Bonchev–Trinajstić information content (AvgIpc) is 4.00. The highest BCUT2D eigenvalue weighted by Gasteiger charge is 2.63. The minimum Gasteiger partial charge on any atom is -0.497 e. The summed E-state index contributed by atoms with van der Waals surface area (Å²) in [6.45, 7) is 6.84. The number of nitrogens with zero attached hydrogens (tertiary/aromatic N) is 3.